The second-order valence-corrected chi connectivity index (χ2v) is 4.43. The van der Waals surface area contributed by atoms with Crippen molar-refractivity contribution in [3.05, 3.63) is 21.6 Å². The van der Waals surface area contributed by atoms with Crippen LogP contribution in [-0.4, -0.2) is 23.8 Å². The number of aromatic nitrogens is 2. The summed E-state index contributed by atoms with van der Waals surface area (Å²) in [6.45, 7) is 0.926. The van der Waals surface area contributed by atoms with E-state index in [9.17, 15) is 4.79 Å². The smallest absolute Gasteiger partial charge is 0.285 e. The Labute approximate surface area is 93.2 Å². The molecule has 4 nitrogen and oxygen atoms in total. The minimum atomic E-state index is -0.326. The van der Waals surface area contributed by atoms with E-state index in [4.69, 9.17) is 11.6 Å². The number of hydrogen-bond donors (Lipinski definition) is 1. The van der Waals surface area contributed by atoms with Gasteiger partial charge in [0.2, 0.25) is 0 Å². The Morgan fingerprint density at radius 1 is 1.67 bits per heavy atom. The molecule has 1 aliphatic carbocycles. The molecule has 0 saturated heterocycles. The first-order valence-electron chi connectivity index (χ1n) is 5.13. The first-order valence-corrected chi connectivity index (χ1v) is 5.50. The molecule has 1 aromatic heterocycles. The molecule has 0 amide bonds. The van der Waals surface area contributed by atoms with Gasteiger partial charge < -0.3 is 4.90 Å². The molecule has 5 heteroatoms. The van der Waals surface area contributed by atoms with Crippen molar-refractivity contribution in [3.8, 4) is 0 Å². The van der Waals surface area contributed by atoms with Crippen molar-refractivity contribution in [3.63, 3.8) is 0 Å². The van der Waals surface area contributed by atoms with Crippen LogP contribution in [0.4, 0.5) is 5.69 Å². The van der Waals surface area contributed by atoms with E-state index in [0.717, 1.165) is 12.5 Å². The van der Waals surface area contributed by atoms with E-state index in [1.54, 1.807) is 6.20 Å². The molecular weight excluding hydrogens is 214 g/mol. The van der Waals surface area contributed by atoms with E-state index in [1.807, 2.05) is 11.9 Å². The van der Waals surface area contributed by atoms with Gasteiger partial charge >= 0.3 is 0 Å². The van der Waals surface area contributed by atoms with Gasteiger partial charge in [0.05, 0.1) is 11.9 Å². The van der Waals surface area contributed by atoms with Crippen molar-refractivity contribution < 1.29 is 0 Å². The molecule has 1 saturated carbocycles. The fourth-order valence-corrected chi connectivity index (χ4v) is 1.78. The fourth-order valence-electron chi connectivity index (χ4n) is 1.54. The maximum atomic E-state index is 11.2. The Kier molecular flexibility index (Phi) is 2.95. The summed E-state index contributed by atoms with van der Waals surface area (Å²) in [4.78, 5) is 13.2. The lowest BCUT2D eigenvalue weighted by Gasteiger charge is -2.19. The zero-order chi connectivity index (χ0) is 10.8. The molecule has 0 atom stereocenters. The molecule has 1 N–H and O–H groups in total. The molecule has 1 aliphatic rings. The third kappa shape index (κ3) is 2.50. The zero-order valence-electron chi connectivity index (χ0n) is 8.66. The standard InChI is InChI=1S/C10H14ClN3O/c1-14(5-4-7-2-3-7)8-6-12-13-10(15)9(8)11/h6-7H,2-5H2,1H3,(H,13,15). The lowest BCUT2D eigenvalue weighted by molar-refractivity contribution is 0.709. The largest absolute Gasteiger partial charge is 0.372 e. The summed E-state index contributed by atoms with van der Waals surface area (Å²) >= 11 is 5.89. The number of nitrogens with one attached hydrogen (secondary N) is 1. The Morgan fingerprint density at radius 3 is 3.07 bits per heavy atom. The highest BCUT2D eigenvalue weighted by Gasteiger charge is 2.21. The quantitative estimate of drug-likeness (QED) is 0.851. The molecular formula is C10H14ClN3O. The highest BCUT2D eigenvalue weighted by Crippen LogP contribution is 2.33. The predicted octanol–water partition coefficient (Wildman–Crippen LogP) is 1.66. The van der Waals surface area contributed by atoms with Crippen molar-refractivity contribution in [1.29, 1.82) is 0 Å². The monoisotopic (exact) mass is 227 g/mol. The van der Waals surface area contributed by atoms with Crippen molar-refractivity contribution in [2.24, 2.45) is 5.92 Å². The average Bonchev–Trinajstić information content (AvgIpc) is 3.02. The maximum Gasteiger partial charge on any atom is 0.285 e. The summed E-state index contributed by atoms with van der Waals surface area (Å²) in [5.74, 6) is 0.876. The van der Waals surface area contributed by atoms with Crippen LogP contribution in [0.25, 0.3) is 0 Å². The maximum absolute atomic E-state index is 11.2. The highest BCUT2D eigenvalue weighted by atomic mass is 35.5. The molecule has 15 heavy (non-hydrogen) atoms. The second kappa shape index (κ2) is 4.23. The van der Waals surface area contributed by atoms with Gasteiger partial charge in [-0.1, -0.05) is 24.4 Å². The third-order valence-corrected chi connectivity index (χ3v) is 3.12. The minimum absolute atomic E-state index is 0.225. The average molecular weight is 228 g/mol. The van der Waals surface area contributed by atoms with Crippen LogP contribution in [0.5, 0.6) is 0 Å². The number of hydrogen-bond acceptors (Lipinski definition) is 3. The van der Waals surface area contributed by atoms with Gasteiger partial charge in [0.25, 0.3) is 5.56 Å². The summed E-state index contributed by atoms with van der Waals surface area (Å²) in [7, 11) is 1.94. The number of nitrogens with zero attached hydrogens (tertiary/aromatic N) is 2. The van der Waals surface area contributed by atoms with Crippen LogP contribution in [0.1, 0.15) is 19.3 Å². The van der Waals surface area contributed by atoms with E-state index in [-0.39, 0.29) is 10.6 Å². The number of anilines is 1. The second-order valence-electron chi connectivity index (χ2n) is 4.05. The molecule has 82 valence electrons. The van der Waals surface area contributed by atoms with E-state index in [0.29, 0.717) is 5.69 Å². The first kappa shape index (κ1) is 10.5. The summed E-state index contributed by atoms with van der Waals surface area (Å²) in [6.07, 6.45) is 5.45. The lowest BCUT2D eigenvalue weighted by atomic mass is 10.2. The Balaban J connectivity index is 2.06. The molecule has 0 unspecified atom stereocenters. The van der Waals surface area contributed by atoms with Gasteiger partial charge in [-0.15, -0.1) is 0 Å². The molecule has 1 fully saturated rings. The van der Waals surface area contributed by atoms with Crippen molar-refractivity contribution in [2.75, 3.05) is 18.5 Å². The fraction of sp³-hybridized carbons (Fsp3) is 0.600. The van der Waals surface area contributed by atoms with Crippen molar-refractivity contribution >= 4 is 17.3 Å². The van der Waals surface area contributed by atoms with Crippen molar-refractivity contribution in [2.45, 2.75) is 19.3 Å². The SMILES string of the molecule is CN(CCC1CC1)c1cn[nH]c(=O)c1Cl. The van der Waals surface area contributed by atoms with Crippen LogP contribution >= 0.6 is 11.6 Å². The van der Waals surface area contributed by atoms with Crippen molar-refractivity contribution in [1.82, 2.24) is 10.2 Å². The van der Waals surface area contributed by atoms with Crippen LogP contribution in [0.15, 0.2) is 11.0 Å². The van der Waals surface area contributed by atoms with E-state index in [1.165, 1.54) is 19.3 Å². The summed E-state index contributed by atoms with van der Waals surface area (Å²) in [6, 6.07) is 0. The van der Waals surface area contributed by atoms with Gasteiger partial charge in [0, 0.05) is 13.6 Å². The summed E-state index contributed by atoms with van der Waals surface area (Å²) in [5.41, 5.74) is 0.383. The predicted molar refractivity (Wildman–Crippen MR) is 60.5 cm³/mol. The lowest BCUT2D eigenvalue weighted by Crippen LogP contribution is -2.22. The molecule has 1 aromatic rings. The Hall–Kier alpha value is -1.03. The molecule has 0 bridgehead atoms. The van der Waals surface area contributed by atoms with E-state index < -0.39 is 0 Å². The van der Waals surface area contributed by atoms with Crippen LogP contribution in [0.2, 0.25) is 5.02 Å². The van der Waals surface area contributed by atoms with Gasteiger partial charge in [-0.3, -0.25) is 4.79 Å². The zero-order valence-corrected chi connectivity index (χ0v) is 9.42. The van der Waals surface area contributed by atoms with Gasteiger partial charge in [-0.05, 0) is 12.3 Å². The molecule has 0 spiro atoms. The first-order chi connectivity index (χ1) is 7.18. The van der Waals surface area contributed by atoms with E-state index >= 15 is 0 Å². The Morgan fingerprint density at radius 2 is 2.40 bits per heavy atom. The van der Waals surface area contributed by atoms with Crippen LogP contribution in [-0.2, 0) is 0 Å². The molecule has 0 aromatic carbocycles. The number of H-pyrrole nitrogens is 1. The molecule has 1 heterocycles. The van der Waals surface area contributed by atoms with Gasteiger partial charge in [-0.2, -0.15) is 5.10 Å². The molecule has 0 radical (unpaired) electrons. The molecule has 0 aliphatic heterocycles. The molecule has 2 rings (SSSR count). The normalized spacial score (nSPS) is 15.3. The minimum Gasteiger partial charge on any atom is -0.372 e. The number of rotatable bonds is 4. The van der Waals surface area contributed by atoms with Crippen LogP contribution in [0, 0.1) is 5.92 Å². The third-order valence-electron chi connectivity index (χ3n) is 2.76. The highest BCUT2D eigenvalue weighted by molar-refractivity contribution is 6.32. The van der Waals surface area contributed by atoms with Crippen LogP contribution < -0.4 is 10.5 Å². The van der Waals surface area contributed by atoms with Gasteiger partial charge in [0.15, 0.2) is 0 Å². The van der Waals surface area contributed by atoms with Crippen LogP contribution in [0.3, 0.4) is 0 Å². The number of halogens is 1. The Bertz CT molecular complexity index is 400. The van der Waals surface area contributed by atoms with Gasteiger partial charge in [0.1, 0.15) is 5.02 Å². The summed E-state index contributed by atoms with van der Waals surface area (Å²) < 4.78 is 0. The number of aromatic amines is 1. The van der Waals surface area contributed by atoms with E-state index in [2.05, 4.69) is 10.2 Å². The van der Waals surface area contributed by atoms with Gasteiger partial charge in [-0.25, -0.2) is 5.10 Å². The summed E-state index contributed by atoms with van der Waals surface area (Å²) in [5, 5.41) is 6.28. The topological polar surface area (TPSA) is 49.0 Å².